The number of piperidine rings is 1. The first-order chi connectivity index (χ1) is 14.5. The molecule has 8 nitrogen and oxygen atoms in total. The SMILES string of the molecule is CCOC(=O)CC1CCCCN1C(=O)c1cc(COc2cccc(C(C)=O)c2)on1. The molecule has 1 aromatic carbocycles. The van der Waals surface area contributed by atoms with Crippen LogP contribution in [0.4, 0.5) is 0 Å². The van der Waals surface area contributed by atoms with E-state index < -0.39 is 0 Å². The Morgan fingerprint density at radius 2 is 2.07 bits per heavy atom. The van der Waals surface area contributed by atoms with Crippen molar-refractivity contribution in [2.75, 3.05) is 13.2 Å². The molecule has 2 aromatic rings. The summed E-state index contributed by atoms with van der Waals surface area (Å²) in [5, 5.41) is 3.88. The predicted octanol–water partition coefficient (Wildman–Crippen LogP) is 3.40. The van der Waals surface area contributed by atoms with Gasteiger partial charge in [0.25, 0.3) is 5.91 Å². The molecular weight excluding hydrogens is 388 g/mol. The average Bonchev–Trinajstić information content (AvgIpc) is 3.21. The van der Waals surface area contributed by atoms with E-state index in [1.54, 1.807) is 42.2 Å². The van der Waals surface area contributed by atoms with E-state index in [1.165, 1.54) is 6.92 Å². The highest BCUT2D eigenvalue weighted by Gasteiger charge is 2.31. The number of ketones is 1. The first-order valence-electron chi connectivity index (χ1n) is 10.1. The fraction of sp³-hybridized carbons (Fsp3) is 0.455. The number of ether oxygens (including phenoxy) is 2. The van der Waals surface area contributed by atoms with E-state index in [9.17, 15) is 14.4 Å². The van der Waals surface area contributed by atoms with Gasteiger partial charge in [-0.15, -0.1) is 0 Å². The number of nitrogens with zero attached hydrogens (tertiary/aromatic N) is 2. The average molecular weight is 414 g/mol. The number of hydrogen-bond donors (Lipinski definition) is 0. The number of esters is 1. The topological polar surface area (TPSA) is 98.9 Å². The number of hydrogen-bond acceptors (Lipinski definition) is 7. The van der Waals surface area contributed by atoms with Crippen molar-refractivity contribution in [2.45, 2.75) is 52.2 Å². The molecular formula is C22H26N2O6. The lowest BCUT2D eigenvalue weighted by Crippen LogP contribution is -2.45. The largest absolute Gasteiger partial charge is 0.486 e. The molecule has 0 N–H and O–H groups in total. The van der Waals surface area contributed by atoms with Crippen LogP contribution in [0.15, 0.2) is 34.9 Å². The van der Waals surface area contributed by atoms with Gasteiger partial charge in [-0.05, 0) is 45.2 Å². The lowest BCUT2D eigenvalue weighted by Gasteiger charge is -2.34. The standard InChI is InChI=1S/C22H26N2O6/c1-3-28-21(26)12-17-8-4-5-10-24(17)22(27)20-13-19(30-23-20)14-29-18-9-6-7-16(11-18)15(2)25/h6-7,9,11,13,17H,3-5,8,10,12,14H2,1-2H3. The third-order valence-corrected chi connectivity index (χ3v) is 5.00. The van der Waals surface area contributed by atoms with Gasteiger partial charge in [0.15, 0.2) is 17.2 Å². The summed E-state index contributed by atoms with van der Waals surface area (Å²) in [5.74, 6) is 0.303. The minimum Gasteiger partial charge on any atom is -0.486 e. The number of carbonyl (C=O) groups excluding carboxylic acids is 3. The smallest absolute Gasteiger partial charge is 0.307 e. The zero-order chi connectivity index (χ0) is 21.5. The lowest BCUT2D eigenvalue weighted by atomic mass is 9.99. The van der Waals surface area contributed by atoms with Gasteiger partial charge < -0.3 is 18.9 Å². The molecule has 0 radical (unpaired) electrons. The van der Waals surface area contributed by atoms with Crippen molar-refractivity contribution < 1.29 is 28.4 Å². The third-order valence-electron chi connectivity index (χ3n) is 5.00. The van der Waals surface area contributed by atoms with Crippen LogP contribution in [0.2, 0.25) is 0 Å². The Morgan fingerprint density at radius 3 is 2.83 bits per heavy atom. The van der Waals surface area contributed by atoms with Gasteiger partial charge in [-0.3, -0.25) is 14.4 Å². The Labute approximate surface area is 175 Å². The van der Waals surface area contributed by atoms with Crippen molar-refractivity contribution in [1.82, 2.24) is 10.1 Å². The molecule has 1 aliphatic heterocycles. The van der Waals surface area contributed by atoms with E-state index in [0.717, 1.165) is 19.3 Å². The van der Waals surface area contributed by atoms with Crippen LogP contribution in [0.3, 0.4) is 0 Å². The van der Waals surface area contributed by atoms with Gasteiger partial charge in [-0.1, -0.05) is 17.3 Å². The molecule has 2 heterocycles. The molecule has 0 saturated carbocycles. The summed E-state index contributed by atoms with van der Waals surface area (Å²) in [6, 6.07) is 8.19. The summed E-state index contributed by atoms with van der Waals surface area (Å²) in [4.78, 5) is 38.0. The summed E-state index contributed by atoms with van der Waals surface area (Å²) >= 11 is 0. The second kappa shape index (κ2) is 10.0. The number of aromatic nitrogens is 1. The van der Waals surface area contributed by atoms with Gasteiger partial charge in [0.05, 0.1) is 13.0 Å². The van der Waals surface area contributed by atoms with Gasteiger partial charge in [-0.2, -0.15) is 0 Å². The molecule has 0 aliphatic carbocycles. The molecule has 1 unspecified atom stereocenters. The van der Waals surface area contributed by atoms with E-state index in [2.05, 4.69) is 5.16 Å². The molecule has 8 heteroatoms. The lowest BCUT2D eigenvalue weighted by molar-refractivity contribution is -0.144. The first-order valence-corrected chi connectivity index (χ1v) is 10.1. The van der Waals surface area contributed by atoms with E-state index in [1.807, 2.05) is 0 Å². The van der Waals surface area contributed by atoms with Crippen molar-refractivity contribution in [3.05, 3.63) is 47.3 Å². The summed E-state index contributed by atoms with van der Waals surface area (Å²) in [7, 11) is 0. The number of benzene rings is 1. The molecule has 1 saturated heterocycles. The van der Waals surface area contributed by atoms with Gasteiger partial charge in [0, 0.05) is 24.2 Å². The van der Waals surface area contributed by atoms with E-state index in [4.69, 9.17) is 14.0 Å². The number of amides is 1. The van der Waals surface area contributed by atoms with E-state index in [0.29, 0.717) is 30.2 Å². The van der Waals surface area contributed by atoms with Crippen LogP contribution in [0.5, 0.6) is 5.75 Å². The van der Waals surface area contributed by atoms with Crippen molar-refractivity contribution >= 4 is 17.7 Å². The molecule has 1 atom stereocenters. The van der Waals surface area contributed by atoms with Crippen LogP contribution < -0.4 is 4.74 Å². The molecule has 1 amide bonds. The van der Waals surface area contributed by atoms with Gasteiger partial charge in [0.2, 0.25) is 0 Å². The van der Waals surface area contributed by atoms with Gasteiger partial charge >= 0.3 is 5.97 Å². The highest BCUT2D eigenvalue weighted by atomic mass is 16.5. The molecule has 0 spiro atoms. The summed E-state index contributed by atoms with van der Waals surface area (Å²) in [6.07, 6.45) is 2.78. The Balaban J connectivity index is 1.62. The van der Waals surface area contributed by atoms with E-state index in [-0.39, 0.29) is 42.4 Å². The molecule has 1 fully saturated rings. The van der Waals surface area contributed by atoms with Crippen LogP contribution in [0.25, 0.3) is 0 Å². The van der Waals surface area contributed by atoms with Crippen LogP contribution in [0.1, 0.15) is 66.1 Å². The molecule has 1 aliphatic rings. The van der Waals surface area contributed by atoms with E-state index >= 15 is 0 Å². The molecule has 160 valence electrons. The summed E-state index contributed by atoms with van der Waals surface area (Å²) in [5.41, 5.74) is 0.737. The van der Waals surface area contributed by atoms with Crippen LogP contribution >= 0.6 is 0 Å². The zero-order valence-electron chi connectivity index (χ0n) is 17.3. The number of likely N-dealkylation sites (tertiary alicyclic amines) is 1. The first kappa shape index (κ1) is 21.5. The second-order valence-electron chi connectivity index (χ2n) is 7.21. The monoisotopic (exact) mass is 414 g/mol. The van der Waals surface area contributed by atoms with Crippen molar-refractivity contribution in [3.8, 4) is 5.75 Å². The normalized spacial score (nSPS) is 16.2. The maximum Gasteiger partial charge on any atom is 0.307 e. The zero-order valence-corrected chi connectivity index (χ0v) is 17.3. The minimum atomic E-state index is -0.302. The van der Waals surface area contributed by atoms with Crippen molar-refractivity contribution in [1.29, 1.82) is 0 Å². The quantitative estimate of drug-likeness (QED) is 0.482. The van der Waals surface area contributed by atoms with Crippen molar-refractivity contribution in [3.63, 3.8) is 0 Å². The number of Topliss-reactive ketones (excluding diaryl/α,β-unsaturated/α-hetero) is 1. The van der Waals surface area contributed by atoms with Crippen LogP contribution in [-0.2, 0) is 16.1 Å². The van der Waals surface area contributed by atoms with Gasteiger partial charge in [-0.25, -0.2) is 0 Å². The Hall–Kier alpha value is -3.16. The fourth-order valence-electron chi connectivity index (χ4n) is 3.48. The predicted molar refractivity (Wildman–Crippen MR) is 107 cm³/mol. The fourth-order valence-corrected chi connectivity index (χ4v) is 3.48. The summed E-state index contributed by atoms with van der Waals surface area (Å²) < 4.78 is 15.9. The maximum atomic E-state index is 12.9. The third kappa shape index (κ3) is 5.46. The molecule has 3 rings (SSSR count). The molecule has 30 heavy (non-hydrogen) atoms. The van der Waals surface area contributed by atoms with Crippen LogP contribution in [-0.4, -0.2) is 46.9 Å². The van der Waals surface area contributed by atoms with Gasteiger partial charge in [0.1, 0.15) is 12.4 Å². The highest BCUT2D eigenvalue weighted by Crippen LogP contribution is 2.23. The minimum absolute atomic E-state index is 0.0492. The number of carbonyl (C=O) groups is 3. The second-order valence-corrected chi connectivity index (χ2v) is 7.21. The molecule has 1 aromatic heterocycles. The highest BCUT2D eigenvalue weighted by molar-refractivity contribution is 5.94. The Kier molecular flexibility index (Phi) is 7.21. The summed E-state index contributed by atoms with van der Waals surface area (Å²) in [6.45, 7) is 4.22. The Morgan fingerprint density at radius 1 is 1.23 bits per heavy atom. The maximum absolute atomic E-state index is 12.9. The number of rotatable bonds is 8. The van der Waals surface area contributed by atoms with Crippen molar-refractivity contribution in [2.24, 2.45) is 0 Å². The van der Waals surface area contributed by atoms with Crippen LogP contribution in [0, 0.1) is 0 Å². The Bertz CT molecular complexity index is 907. The molecule has 0 bridgehead atoms.